The van der Waals surface area contributed by atoms with Gasteiger partial charge >= 0.3 is 0 Å². The van der Waals surface area contributed by atoms with Gasteiger partial charge in [0, 0.05) is 6.54 Å². The first-order valence-electron chi connectivity index (χ1n) is 6.93. The second kappa shape index (κ2) is 7.06. The topological polar surface area (TPSA) is 21.3 Å². The Morgan fingerprint density at radius 3 is 2.65 bits per heavy atom. The minimum atomic E-state index is -0.348. The Bertz CT molecular complexity index is 569. The van der Waals surface area contributed by atoms with Crippen molar-refractivity contribution in [3.05, 3.63) is 59.4 Å². The summed E-state index contributed by atoms with van der Waals surface area (Å²) in [7, 11) is 0. The maximum absolute atomic E-state index is 13.5. The zero-order valence-corrected chi connectivity index (χ0v) is 11.9. The summed E-state index contributed by atoms with van der Waals surface area (Å²) >= 11 is 0. The lowest BCUT2D eigenvalue weighted by Crippen LogP contribution is -2.14. The van der Waals surface area contributed by atoms with Crippen molar-refractivity contribution >= 4 is 0 Å². The number of rotatable bonds is 6. The van der Waals surface area contributed by atoms with Crippen LogP contribution in [0.3, 0.4) is 0 Å². The summed E-state index contributed by atoms with van der Waals surface area (Å²) in [5.74, 6) is 0.564. The molecule has 0 aliphatic carbocycles. The maximum atomic E-state index is 13.5. The van der Waals surface area contributed by atoms with Gasteiger partial charge < -0.3 is 10.1 Å². The van der Waals surface area contributed by atoms with Gasteiger partial charge in [0.1, 0.15) is 5.75 Å². The number of nitrogens with one attached hydrogen (secondary N) is 1. The van der Waals surface area contributed by atoms with E-state index in [-0.39, 0.29) is 11.6 Å². The predicted molar refractivity (Wildman–Crippen MR) is 79.7 cm³/mol. The van der Waals surface area contributed by atoms with Gasteiger partial charge in [-0.2, -0.15) is 0 Å². The third kappa shape index (κ3) is 3.81. The normalized spacial score (nSPS) is 10.6. The van der Waals surface area contributed by atoms with Gasteiger partial charge in [0.25, 0.3) is 0 Å². The molecule has 106 valence electrons. The Balaban J connectivity index is 2.07. The van der Waals surface area contributed by atoms with Crippen LogP contribution in [0.1, 0.15) is 24.5 Å². The second-order valence-corrected chi connectivity index (χ2v) is 4.80. The SMILES string of the molecule is CCCNCc1ccc(Oc2ccccc2F)cc1C. The molecule has 0 aliphatic heterocycles. The van der Waals surface area contributed by atoms with Gasteiger partial charge in [-0.3, -0.25) is 0 Å². The summed E-state index contributed by atoms with van der Waals surface area (Å²) in [4.78, 5) is 0. The number of para-hydroxylation sites is 1. The molecule has 0 spiro atoms. The van der Waals surface area contributed by atoms with Crippen LogP contribution < -0.4 is 10.1 Å². The molecule has 0 aliphatic rings. The van der Waals surface area contributed by atoms with Crippen molar-refractivity contribution in [1.29, 1.82) is 0 Å². The highest BCUT2D eigenvalue weighted by Gasteiger charge is 2.05. The van der Waals surface area contributed by atoms with Crippen molar-refractivity contribution in [3.63, 3.8) is 0 Å². The number of ether oxygens (including phenoxy) is 1. The molecular weight excluding hydrogens is 253 g/mol. The van der Waals surface area contributed by atoms with Crippen molar-refractivity contribution in [2.75, 3.05) is 6.54 Å². The van der Waals surface area contributed by atoms with E-state index in [2.05, 4.69) is 12.2 Å². The smallest absolute Gasteiger partial charge is 0.165 e. The molecule has 0 aromatic heterocycles. The summed E-state index contributed by atoms with van der Waals surface area (Å²) in [6.07, 6.45) is 1.12. The lowest BCUT2D eigenvalue weighted by Gasteiger charge is -2.11. The number of hydrogen-bond acceptors (Lipinski definition) is 2. The lowest BCUT2D eigenvalue weighted by atomic mass is 10.1. The van der Waals surface area contributed by atoms with Crippen LogP contribution >= 0.6 is 0 Å². The Morgan fingerprint density at radius 2 is 1.95 bits per heavy atom. The van der Waals surface area contributed by atoms with Crippen LogP contribution in [0.15, 0.2) is 42.5 Å². The van der Waals surface area contributed by atoms with Gasteiger partial charge in [0.15, 0.2) is 11.6 Å². The van der Waals surface area contributed by atoms with E-state index in [4.69, 9.17) is 4.74 Å². The highest BCUT2D eigenvalue weighted by atomic mass is 19.1. The number of hydrogen-bond donors (Lipinski definition) is 1. The fourth-order valence-electron chi connectivity index (χ4n) is 1.98. The molecule has 0 radical (unpaired) electrons. The third-order valence-corrected chi connectivity index (χ3v) is 3.12. The van der Waals surface area contributed by atoms with E-state index in [1.807, 2.05) is 25.1 Å². The zero-order valence-electron chi connectivity index (χ0n) is 11.9. The van der Waals surface area contributed by atoms with Crippen LogP contribution in [0.5, 0.6) is 11.5 Å². The van der Waals surface area contributed by atoms with Crippen molar-refractivity contribution in [2.24, 2.45) is 0 Å². The van der Waals surface area contributed by atoms with Gasteiger partial charge in [0.05, 0.1) is 0 Å². The fourth-order valence-corrected chi connectivity index (χ4v) is 1.98. The Hall–Kier alpha value is -1.87. The highest BCUT2D eigenvalue weighted by molar-refractivity contribution is 5.38. The molecule has 0 heterocycles. The van der Waals surface area contributed by atoms with Crippen molar-refractivity contribution < 1.29 is 9.13 Å². The van der Waals surface area contributed by atoms with Crippen LogP contribution in [0, 0.1) is 12.7 Å². The van der Waals surface area contributed by atoms with E-state index in [0.29, 0.717) is 5.75 Å². The van der Waals surface area contributed by atoms with Crippen LogP contribution in [-0.4, -0.2) is 6.54 Å². The molecular formula is C17H20FNO. The monoisotopic (exact) mass is 273 g/mol. The lowest BCUT2D eigenvalue weighted by molar-refractivity contribution is 0.442. The molecule has 0 saturated carbocycles. The summed E-state index contributed by atoms with van der Waals surface area (Å²) in [5.41, 5.74) is 2.38. The molecule has 0 unspecified atom stereocenters. The van der Waals surface area contributed by atoms with E-state index in [1.165, 1.54) is 11.6 Å². The molecule has 0 bridgehead atoms. The molecule has 0 saturated heterocycles. The molecule has 0 atom stereocenters. The van der Waals surface area contributed by atoms with Gasteiger partial charge in [0.2, 0.25) is 0 Å². The maximum Gasteiger partial charge on any atom is 0.165 e. The average molecular weight is 273 g/mol. The first-order chi connectivity index (χ1) is 9.70. The first kappa shape index (κ1) is 14.5. The zero-order chi connectivity index (χ0) is 14.4. The molecule has 2 aromatic carbocycles. The van der Waals surface area contributed by atoms with Crippen molar-refractivity contribution in [1.82, 2.24) is 5.32 Å². The summed E-state index contributed by atoms with van der Waals surface area (Å²) < 4.78 is 19.1. The van der Waals surface area contributed by atoms with Crippen molar-refractivity contribution in [3.8, 4) is 11.5 Å². The van der Waals surface area contributed by atoms with E-state index < -0.39 is 0 Å². The van der Waals surface area contributed by atoms with E-state index >= 15 is 0 Å². The van der Waals surface area contributed by atoms with E-state index in [9.17, 15) is 4.39 Å². The van der Waals surface area contributed by atoms with Gasteiger partial charge in [-0.1, -0.05) is 25.1 Å². The van der Waals surface area contributed by atoms with Crippen molar-refractivity contribution in [2.45, 2.75) is 26.8 Å². The third-order valence-electron chi connectivity index (χ3n) is 3.12. The largest absolute Gasteiger partial charge is 0.454 e. The van der Waals surface area contributed by atoms with E-state index in [0.717, 1.165) is 25.1 Å². The quantitative estimate of drug-likeness (QED) is 0.786. The Labute approximate surface area is 119 Å². The standard InChI is InChI=1S/C17H20FNO/c1-3-10-19-12-14-8-9-15(11-13(14)2)20-17-7-5-4-6-16(17)18/h4-9,11,19H,3,10,12H2,1-2H3. The molecule has 3 heteroatoms. The molecule has 1 N–H and O–H groups in total. The molecule has 2 rings (SSSR count). The first-order valence-corrected chi connectivity index (χ1v) is 6.93. The summed E-state index contributed by atoms with van der Waals surface area (Å²) in [5, 5.41) is 3.37. The van der Waals surface area contributed by atoms with Gasteiger partial charge in [-0.05, 0) is 55.3 Å². The molecule has 20 heavy (non-hydrogen) atoms. The Morgan fingerprint density at radius 1 is 1.15 bits per heavy atom. The fraction of sp³-hybridized carbons (Fsp3) is 0.294. The molecule has 2 nitrogen and oxygen atoms in total. The average Bonchev–Trinajstić information content (AvgIpc) is 2.44. The number of halogens is 1. The van der Waals surface area contributed by atoms with Crippen LogP contribution in [0.2, 0.25) is 0 Å². The summed E-state index contributed by atoms with van der Waals surface area (Å²) in [6, 6.07) is 12.3. The number of benzene rings is 2. The van der Waals surface area contributed by atoms with Crippen LogP contribution in [-0.2, 0) is 6.54 Å². The van der Waals surface area contributed by atoms with Crippen LogP contribution in [0.4, 0.5) is 4.39 Å². The Kier molecular flexibility index (Phi) is 5.13. The van der Waals surface area contributed by atoms with Gasteiger partial charge in [-0.15, -0.1) is 0 Å². The minimum absolute atomic E-state index is 0.253. The van der Waals surface area contributed by atoms with Gasteiger partial charge in [-0.25, -0.2) is 4.39 Å². The minimum Gasteiger partial charge on any atom is -0.454 e. The molecule has 0 amide bonds. The van der Waals surface area contributed by atoms with E-state index in [1.54, 1.807) is 18.2 Å². The molecule has 0 fully saturated rings. The second-order valence-electron chi connectivity index (χ2n) is 4.80. The predicted octanol–water partition coefficient (Wildman–Crippen LogP) is 4.43. The highest BCUT2D eigenvalue weighted by Crippen LogP contribution is 2.25. The number of aryl methyl sites for hydroxylation is 1. The summed E-state index contributed by atoms with van der Waals surface area (Å²) in [6.45, 7) is 6.04. The van der Waals surface area contributed by atoms with Crippen LogP contribution in [0.25, 0.3) is 0 Å². The molecule has 2 aromatic rings.